The highest BCUT2D eigenvalue weighted by atomic mass is 16.3. The first-order valence-electron chi connectivity index (χ1n) is 5.35. The predicted molar refractivity (Wildman–Crippen MR) is 55.1 cm³/mol. The molecule has 0 radical (unpaired) electrons. The standard InChI is InChI=1S/C11H18N2O/c1-9(2)13-7-4-10(12-13)8-11(14)5-3-6-11/h4,7,9,14H,3,5-6,8H2,1-2H3. The molecule has 78 valence electrons. The third-order valence-corrected chi connectivity index (χ3v) is 2.99. The van der Waals surface area contributed by atoms with E-state index in [1.807, 2.05) is 16.9 Å². The molecule has 1 fully saturated rings. The number of aromatic nitrogens is 2. The third-order valence-electron chi connectivity index (χ3n) is 2.99. The van der Waals surface area contributed by atoms with Gasteiger partial charge in [-0.05, 0) is 39.2 Å². The lowest BCUT2D eigenvalue weighted by atomic mass is 9.77. The molecular formula is C11H18N2O. The van der Waals surface area contributed by atoms with Gasteiger partial charge in [-0.3, -0.25) is 4.68 Å². The first-order chi connectivity index (χ1) is 6.59. The minimum Gasteiger partial charge on any atom is -0.389 e. The Morgan fingerprint density at radius 2 is 2.29 bits per heavy atom. The van der Waals surface area contributed by atoms with Gasteiger partial charge in [0.2, 0.25) is 0 Å². The molecule has 1 heterocycles. The van der Waals surface area contributed by atoms with E-state index in [4.69, 9.17) is 0 Å². The minimum atomic E-state index is -0.448. The van der Waals surface area contributed by atoms with E-state index in [9.17, 15) is 5.11 Å². The molecule has 0 aliphatic heterocycles. The van der Waals surface area contributed by atoms with Crippen molar-refractivity contribution in [2.45, 2.75) is 51.2 Å². The molecule has 0 amide bonds. The summed E-state index contributed by atoms with van der Waals surface area (Å²) in [6.45, 7) is 4.21. The van der Waals surface area contributed by atoms with Gasteiger partial charge in [-0.15, -0.1) is 0 Å². The summed E-state index contributed by atoms with van der Waals surface area (Å²) in [5.41, 5.74) is 0.566. The quantitative estimate of drug-likeness (QED) is 0.798. The summed E-state index contributed by atoms with van der Waals surface area (Å²) in [5.74, 6) is 0. The Morgan fingerprint density at radius 3 is 2.71 bits per heavy atom. The van der Waals surface area contributed by atoms with Gasteiger partial charge in [0.05, 0.1) is 11.3 Å². The highest BCUT2D eigenvalue weighted by molar-refractivity contribution is 5.06. The number of hydrogen-bond acceptors (Lipinski definition) is 2. The second-order valence-electron chi connectivity index (χ2n) is 4.64. The van der Waals surface area contributed by atoms with E-state index >= 15 is 0 Å². The largest absolute Gasteiger partial charge is 0.389 e. The smallest absolute Gasteiger partial charge is 0.0703 e. The third kappa shape index (κ3) is 1.82. The van der Waals surface area contributed by atoms with Crippen LogP contribution >= 0.6 is 0 Å². The van der Waals surface area contributed by atoms with E-state index in [0.29, 0.717) is 12.5 Å². The summed E-state index contributed by atoms with van der Waals surface area (Å²) in [5, 5.41) is 14.4. The molecule has 0 atom stereocenters. The lowest BCUT2D eigenvalue weighted by Gasteiger charge is -2.35. The van der Waals surface area contributed by atoms with Crippen molar-refractivity contribution in [1.29, 1.82) is 0 Å². The van der Waals surface area contributed by atoms with E-state index in [1.165, 1.54) is 0 Å². The Kier molecular flexibility index (Phi) is 2.35. The van der Waals surface area contributed by atoms with Crippen molar-refractivity contribution >= 4 is 0 Å². The fourth-order valence-corrected chi connectivity index (χ4v) is 1.86. The van der Waals surface area contributed by atoms with Crippen molar-refractivity contribution < 1.29 is 5.11 Å². The van der Waals surface area contributed by atoms with E-state index in [0.717, 1.165) is 25.0 Å². The molecule has 3 nitrogen and oxygen atoms in total. The Morgan fingerprint density at radius 1 is 1.57 bits per heavy atom. The maximum Gasteiger partial charge on any atom is 0.0703 e. The number of nitrogens with zero attached hydrogens (tertiary/aromatic N) is 2. The zero-order valence-electron chi connectivity index (χ0n) is 8.90. The van der Waals surface area contributed by atoms with Crippen LogP contribution in [0.5, 0.6) is 0 Å². The average Bonchev–Trinajstić information content (AvgIpc) is 2.50. The molecule has 0 saturated heterocycles. The molecule has 1 saturated carbocycles. The molecule has 1 aliphatic rings. The van der Waals surface area contributed by atoms with Gasteiger partial charge >= 0.3 is 0 Å². The molecule has 1 aliphatic carbocycles. The molecule has 0 spiro atoms. The number of hydrogen-bond donors (Lipinski definition) is 1. The normalized spacial score (nSPS) is 19.7. The molecule has 1 aromatic rings. The van der Waals surface area contributed by atoms with Crippen molar-refractivity contribution in [1.82, 2.24) is 9.78 Å². The van der Waals surface area contributed by atoms with Crippen LogP contribution in [0.1, 0.15) is 44.8 Å². The second-order valence-corrected chi connectivity index (χ2v) is 4.64. The lowest BCUT2D eigenvalue weighted by molar-refractivity contribution is -0.0331. The van der Waals surface area contributed by atoms with Gasteiger partial charge in [-0.25, -0.2) is 0 Å². The summed E-state index contributed by atoms with van der Waals surface area (Å²) in [7, 11) is 0. The van der Waals surface area contributed by atoms with Crippen molar-refractivity contribution in [3.63, 3.8) is 0 Å². The lowest BCUT2D eigenvalue weighted by Crippen LogP contribution is -2.39. The fraction of sp³-hybridized carbons (Fsp3) is 0.727. The Balaban J connectivity index is 2.02. The van der Waals surface area contributed by atoms with E-state index in [-0.39, 0.29) is 0 Å². The molecule has 1 N–H and O–H groups in total. The Hall–Kier alpha value is -0.830. The van der Waals surface area contributed by atoms with Gasteiger partial charge in [0.15, 0.2) is 0 Å². The van der Waals surface area contributed by atoms with Crippen LogP contribution in [0.15, 0.2) is 12.3 Å². The maximum atomic E-state index is 9.96. The van der Waals surface area contributed by atoms with Crippen LogP contribution in [-0.4, -0.2) is 20.5 Å². The monoisotopic (exact) mass is 194 g/mol. The molecule has 0 unspecified atom stereocenters. The van der Waals surface area contributed by atoms with Crippen LogP contribution in [-0.2, 0) is 6.42 Å². The second kappa shape index (κ2) is 3.39. The number of aliphatic hydroxyl groups is 1. The van der Waals surface area contributed by atoms with Crippen molar-refractivity contribution in [2.75, 3.05) is 0 Å². The SMILES string of the molecule is CC(C)n1ccc(CC2(O)CCC2)n1. The first-order valence-corrected chi connectivity index (χ1v) is 5.35. The van der Waals surface area contributed by atoms with Gasteiger partial charge in [-0.1, -0.05) is 0 Å². The highest BCUT2D eigenvalue weighted by Gasteiger charge is 2.34. The maximum absolute atomic E-state index is 9.96. The van der Waals surface area contributed by atoms with Crippen LogP contribution in [0, 0.1) is 0 Å². The van der Waals surface area contributed by atoms with E-state index < -0.39 is 5.60 Å². The fourth-order valence-electron chi connectivity index (χ4n) is 1.86. The molecular weight excluding hydrogens is 176 g/mol. The Bertz CT molecular complexity index is 313. The highest BCUT2D eigenvalue weighted by Crippen LogP contribution is 2.34. The van der Waals surface area contributed by atoms with Crippen LogP contribution in [0.3, 0.4) is 0 Å². The van der Waals surface area contributed by atoms with Crippen LogP contribution in [0.2, 0.25) is 0 Å². The summed E-state index contributed by atoms with van der Waals surface area (Å²) < 4.78 is 1.94. The molecule has 1 aromatic heterocycles. The topological polar surface area (TPSA) is 38.0 Å². The van der Waals surface area contributed by atoms with Crippen molar-refractivity contribution in [2.24, 2.45) is 0 Å². The predicted octanol–water partition coefficient (Wildman–Crippen LogP) is 1.92. The van der Waals surface area contributed by atoms with E-state index in [1.54, 1.807) is 0 Å². The molecule has 14 heavy (non-hydrogen) atoms. The van der Waals surface area contributed by atoms with Crippen molar-refractivity contribution in [3.05, 3.63) is 18.0 Å². The Labute approximate surface area is 84.7 Å². The molecule has 0 bridgehead atoms. The summed E-state index contributed by atoms with van der Waals surface area (Å²) >= 11 is 0. The zero-order valence-corrected chi connectivity index (χ0v) is 8.90. The van der Waals surface area contributed by atoms with Gasteiger partial charge in [0.1, 0.15) is 0 Å². The first kappa shape index (κ1) is 9.71. The van der Waals surface area contributed by atoms with Gasteiger partial charge in [0, 0.05) is 18.7 Å². The van der Waals surface area contributed by atoms with Gasteiger partial charge in [0.25, 0.3) is 0 Å². The molecule has 3 heteroatoms. The summed E-state index contributed by atoms with van der Waals surface area (Å²) in [6, 6.07) is 2.41. The van der Waals surface area contributed by atoms with Crippen LogP contribution in [0.25, 0.3) is 0 Å². The average molecular weight is 194 g/mol. The zero-order chi connectivity index (χ0) is 10.2. The summed E-state index contributed by atoms with van der Waals surface area (Å²) in [4.78, 5) is 0. The summed E-state index contributed by atoms with van der Waals surface area (Å²) in [6.07, 6.45) is 5.72. The minimum absolute atomic E-state index is 0.403. The van der Waals surface area contributed by atoms with Gasteiger partial charge in [-0.2, -0.15) is 5.10 Å². The van der Waals surface area contributed by atoms with Crippen LogP contribution in [0.4, 0.5) is 0 Å². The van der Waals surface area contributed by atoms with Gasteiger partial charge < -0.3 is 5.11 Å². The van der Waals surface area contributed by atoms with Crippen molar-refractivity contribution in [3.8, 4) is 0 Å². The van der Waals surface area contributed by atoms with E-state index in [2.05, 4.69) is 18.9 Å². The van der Waals surface area contributed by atoms with Crippen LogP contribution < -0.4 is 0 Å². The number of rotatable bonds is 3. The molecule has 2 rings (SSSR count). The molecule has 0 aromatic carbocycles.